The number of methoxy groups -OCH3 is 2. The highest BCUT2D eigenvalue weighted by molar-refractivity contribution is 5.75. The first-order chi connectivity index (χ1) is 12.6. The Hall–Kier alpha value is -2.57. The van der Waals surface area contributed by atoms with Crippen LogP contribution in [-0.4, -0.2) is 38.3 Å². The molecule has 2 aromatic carbocycles. The zero-order chi connectivity index (χ0) is 18.9. The molecular weight excluding hydrogens is 332 g/mol. The number of phenolic OH excluding ortho intramolecular Hbond substituents is 1. The normalized spacial score (nSPS) is 13.0. The van der Waals surface area contributed by atoms with Crippen molar-refractivity contribution in [2.75, 3.05) is 26.1 Å². The van der Waals surface area contributed by atoms with Gasteiger partial charge in [-0.15, -0.1) is 0 Å². The van der Waals surface area contributed by atoms with Crippen LogP contribution in [-0.2, 0) is 16.0 Å². The lowest BCUT2D eigenvalue weighted by Gasteiger charge is -2.21. The predicted octanol–water partition coefficient (Wildman–Crippen LogP) is 2.88. The number of phenols is 1. The Bertz CT molecular complexity index is 703. The number of carbonyl (C=O) groups excluding carboxylic acids is 1. The number of benzene rings is 2. The monoisotopic (exact) mass is 358 g/mol. The van der Waals surface area contributed by atoms with Gasteiger partial charge in [0.25, 0.3) is 0 Å². The Morgan fingerprint density at radius 3 is 2.50 bits per heavy atom. The molecule has 0 radical (unpaired) electrons. The number of anilines is 1. The van der Waals surface area contributed by atoms with E-state index >= 15 is 0 Å². The largest absolute Gasteiger partial charge is 0.506 e. The van der Waals surface area contributed by atoms with Crippen LogP contribution in [0, 0.1) is 0 Å². The highest BCUT2D eigenvalue weighted by Gasteiger charge is 2.14. The van der Waals surface area contributed by atoms with E-state index in [1.807, 2.05) is 12.1 Å². The average Bonchev–Trinajstić information content (AvgIpc) is 2.65. The number of aromatic hydroxyl groups is 1. The number of amides is 1. The van der Waals surface area contributed by atoms with Crippen LogP contribution in [0.1, 0.15) is 24.2 Å². The summed E-state index contributed by atoms with van der Waals surface area (Å²) in [6, 6.07) is 13.3. The van der Waals surface area contributed by atoms with Crippen molar-refractivity contribution < 1.29 is 19.4 Å². The minimum Gasteiger partial charge on any atom is -0.506 e. The molecule has 0 spiro atoms. The van der Waals surface area contributed by atoms with Gasteiger partial charge in [-0.3, -0.25) is 4.79 Å². The van der Waals surface area contributed by atoms with E-state index in [0.29, 0.717) is 18.6 Å². The molecular formula is C20H26N2O4. The quantitative estimate of drug-likeness (QED) is 0.450. The lowest BCUT2D eigenvalue weighted by atomic mass is 10.1. The van der Waals surface area contributed by atoms with Gasteiger partial charge in [-0.1, -0.05) is 18.2 Å². The van der Waals surface area contributed by atoms with Gasteiger partial charge in [-0.05, 0) is 48.7 Å². The molecule has 140 valence electrons. The second-order valence-corrected chi connectivity index (χ2v) is 6.12. The summed E-state index contributed by atoms with van der Waals surface area (Å²) in [5.74, 6) is 0.873. The summed E-state index contributed by atoms with van der Waals surface area (Å²) >= 11 is 0. The van der Waals surface area contributed by atoms with E-state index in [1.165, 1.54) is 5.56 Å². The third-order valence-corrected chi connectivity index (χ3v) is 4.24. The van der Waals surface area contributed by atoms with Crippen LogP contribution in [0.2, 0.25) is 0 Å². The molecule has 6 nitrogen and oxygen atoms in total. The van der Waals surface area contributed by atoms with Gasteiger partial charge in [0.15, 0.2) is 0 Å². The van der Waals surface area contributed by atoms with E-state index in [9.17, 15) is 9.90 Å². The van der Waals surface area contributed by atoms with Gasteiger partial charge >= 0.3 is 0 Å². The Labute approximate surface area is 154 Å². The summed E-state index contributed by atoms with van der Waals surface area (Å²) in [6.45, 7) is 2.73. The minimum absolute atomic E-state index is 0.0246. The maximum atomic E-state index is 10.6. The van der Waals surface area contributed by atoms with E-state index in [0.717, 1.165) is 17.7 Å². The first-order valence-electron chi connectivity index (χ1n) is 8.49. The molecule has 0 bridgehead atoms. The van der Waals surface area contributed by atoms with Crippen molar-refractivity contribution in [3.05, 3.63) is 53.6 Å². The van der Waals surface area contributed by atoms with E-state index in [1.54, 1.807) is 32.4 Å². The molecule has 0 aliphatic heterocycles. The molecule has 0 aliphatic rings. The summed E-state index contributed by atoms with van der Waals surface area (Å²) < 4.78 is 10.7. The van der Waals surface area contributed by atoms with Gasteiger partial charge in [0, 0.05) is 19.7 Å². The van der Waals surface area contributed by atoms with Crippen molar-refractivity contribution in [2.24, 2.45) is 0 Å². The summed E-state index contributed by atoms with van der Waals surface area (Å²) in [5, 5.41) is 15.7. The van der Waals surface area contributed by atoms with Gasteiger partial charge in [0.05, 0.1) is 18.9 Å². The fraction of sp³-hybridized carbons (Fsp3) is 0.350. The van der Waals surface area contributed by atoms with Crippen LogP contribution >= 0.6 is 0 Å². The Kier molecular flexibility index (Phi) is 7.44. The Balaban J connectivity index is 1.94. The Morgan fingerprint density at radius 2 is 1.88 bits per heavy atom. The van der Waals surface area contributed by atoms with Gasteiger partial charge in [0.2, 0.25) is 6.41 Å². The molecule has 2 unspecified atom stereocenters. The number of rotatable bonds is 10. The van der Waals surface area contributed by atoms with Crippen molar-refractivity contribution in [3.8, 4) is 11.5 Å². The van der Waals surface area contributed by atoms with E-state index in [-0.39, 0.29) is 17.9 Å². The van der Waals surface area contributed by atoms with Crippen LogP contribution < -0.4 is 15.4 Å². The fourth-order valence-corrected chi connectivity index (χ4v) is 2.77. The van der Waals surface area contributed by atoms with Crippen molar-refractivity contribution in [2.45, 2.75) is 25.5 Å². The fourth-order valence-electron chi connectivity index (χ4n) is 2.77. The zero-order valence-electron chi connectivity index (χ0n) is 15.4. The average molecular weight is 358 g/mol. The van der Waals surface area contributed by atoms with E-state index in [2.05, 4.69) is 29.7 Å². The van der Waals surface area contributed by atoms with Gasteiger partial charge in [-0.2, -0.15) is 0 Å². The van der Waals surface area contributed by atoms with Crippen LogP contribution in [0.4, 0.5) is 5.69 Å². The molecule has 0 heterocycles. The molecule has 6 heteroatoms. The molecule has 2 atom stereocenters. The predicted molar refractivity (Wildman–Crippen MR) is 102 cm³/mol. The van der Waals surface area contributed by atoms with E-state index < -0.39 is 0 Å². The van der Waals surface area contributed by atoms with Crippen molar-refractivity contribution in [1.82, 2.24) is 5.32 Å². The maximum absolute atomic E-state index is 10.6. The Morgan fingerprint density at radius 1 is 1.15 bits per heavy atom. The molecule has 2 aromatic rings. The topological polar surface area (TPSA) is 79.8 Å². The second-order valence-electron chi connectivity index (χ2n) is 6.12. The molecule has 0 fully saturated rings. The third kappa shape index (κ3) is 5.47. The molecule has 2 rings (SSSR count). The summed E-state index contributed by atoms with van der Waals surface area (Å²) in [7, 11) is 3.30. The standard InChI is InChI=1S/C20H26N2O4/c1-14(10-15-4-7-17(25-2)8-5-15)21-12-20(26-3)16-6-9-19(24)18(11-16)22-13-23/h4-9,11,13-14,20-21,24H,10,12H2,1-3H3,(H,22,23). The maximum Gasteiger partial charge on any atom is 0.211 e. The molecule has 0 aromatic heterocycles. The van der Waals surface area contributed by atoms with Crippen molar-refractivity contribution in [1.29, 1.82) is 0 Å². The molecule has 1 amide bonds. The van der Waals surface area contributed by atoms with Crippen LogP contribution in [0.3, 0.4) is 0 Å². The first-order valence-corrected chi connectivity index (χ1v) is 8.49. The number of hydrogen-bond donors (Lipinski definition) is 3. The highest BCUT2D eigenvalue weighted by Crippen LogP contribution is 2.27. The number of nitrogens with one attached hydrogen (secondary N) is 2. The van der Waals surface area contributed by atoms with Gasteiger partial charge in [0.1, 0.15) is 11.5 Å². The second kappa shape index (κ2) is 9.79. The van der Waals surface area contributed by atoms with Crippen LogP contribution in [0.15, 0.2) is 42.5 Å². The lowest BCUT2D eigenvalue weighted by molar-refractivity contribution is -0.105. The SMILES string of the molecule is COc1ccc(CC(C)NCC(OC)c2ccc(O)c(NC=O)c2)cc1. The van der Waals surface area contributed by atoms with E-state index in [4.69, 9.17) is 9.47 Å². The van der Waals surface area contributed by atoms with Crippen molar-refractivity contribution in [3.63, 3.8) is 0 Å². The molecule has 0 aliphatic carbocycles. The summed E-state index contributed by atoms with van der Waals surface area (Å²) in [5.41, 5.74) is 2.46. The first kappa shape index (κ1) is 19.8. The number of carbonyl (C=O) groups is 1. The van der Waals surface area contributed by atoms with Gasteiger partial charge in [-0.25, -0.2) is 0 Å². The smallest absolute Gasteiger partial charge is 0.211 e. The highest BCUT2D eigenvalue weighted by atomic mass is 16.5. The third-order valence-electron chi connectivity index (χ3n) is 4.24. The molecule has 26 heavy (non-hydrogen) atoms. The van der Waals surface area contributed by atoms with Crippen LogP contribution in [0.25, 0.3) is 0 Å². The molecule has 3 N–H and O–H groups in total. The number of hydrogen-bond acceptors (Lipinski definition) is 5. The van der Waals surface area contributed by atoms with Crippen molar-refractivity contribution >= 4 is 12.1 Å². The lowest BCUT2D eigenvalue weighted by Crippen LogP contribution is -2.32. The summed E-state index contributed by atoms with van der Waals surface area (Å²) in [6.07, 6.45) is 1.23. The minimum atomic E-state index is -0.193. The molecule has 0 saturated heterocycles. The summed E-state index contributed by atoms with van der Waals surface area (Å²) in [4.78, 5) is 10.6. The van der Waals surface area contributed by atoms with Crippen LogP contribution in [0.5, 0.6) is 11.5 Å². The number of ether oxygens (including phenoxy) is 2. The zero-order valence-corrected chi connectivity index (χ0v) is 15.4. The van der Waals surface area contributed by atoms with Gasteiger partial charge < -0.3 is 25.2 Å². The molecule has 0 saturated carbocycles.